The second-order valence-corrected chi connectivity index (χ2v) is 6.97. The average molecular weight is 235 g/mol. The fourth-order valence-electron chi connectivity index (χ4n) is 2.21. The summed E-state index contributed by atoms with van der Waals surface area (Å²) in [4.78, 5) is 9.72. The molecule has 0 bridgehead atoms. The summed E-state index contributed by atoms with van der Waals surface area (Å²) in [6.07, 6.45) is 6.08. The maximum absolute atomic E-state index is 11.8. The third-order valence-electron chi connectivity index (χ3n) is 3.14. The first-order valence-electron chi connectivity index (χ1n) is 5.76. The lowest BCUT2D eigenvalue weighted by molar-refractivity contribution is 0.219. The van der Waals surface area contributed by atoms with Gasteiger partial charge in [0.15, 0.2) is 0 Å². The number of hydrogen-bond donors (Lipinski definition) is 3. The molecule has 0 aromatic carbocycles. The van der Waals surface area contributed by atoms with Crippen LogP contribution < -0.4 is 5.73 Å². The van der Waals surface area contributed by atoms with Crippen molar-refractivity contribution in [2.45, 2.75) is 44.4 Å². The quantitative estimate of drug-likeness (QED) is 0.630. The van der Waals surface area contributed by atoms with Crippen LogP contribution in [0.2, 0.25) is 0 Å². The maximum Gasteiger partial charge on any atom is 0.228 e. The predicted molar refractivity (Wildman–Crippen MR) is 60.9 cm³/mol. The van der Waals surface area contributed by atoms with Gasteiger partial charge in [0.05, 0.1) is 0 Å². The van der Waals surface area contributed by atoms with E-state index in [9.17, 15) is 14.6 Å². The van der Waals surface area contributed by atoms with E-state index in [0.717, 1.165) is 25.7 Å². The summed E-state index contributed by atoms with van der Waals surface area (Å²) < 4.78 is 11.8. The van der Waals surface area contributed by atoms with E-state index in [1.165, 1.54) is 6.42 Å². The molecule has 0 aromatic rings. The molecule has 1 fully saturated rings. The van der Waals surface area contributed by atoms with Crippen LogP contribution in [-0.2, 0) is 4.57 Å². The Morgan fingerprint density at radius 1 is 1.33 bits per heavy atom. The van der Waals surface area contributed by atoms with Gasteiger partial charge in [-0.3, -0.25) is 4.57 Å². The molecule has 0 saturated heterocycles. The molecule has 1 saturated carbocycles. The molecule has 0 amide bonds. The summed E-state index contributed by atoms with van der Waals surface area (Å²) in [6, 6.07) is 0. The largest absolute Gasteiger partial charge is 0.383 e. The first-order valence-corrected chi connectivity index (χ1v) is 7.67. The monoisotopic (exact) mass is 235 g/mol. The van der Waals surface area contributed by atoms with E-state index in [1.807, 2.05) is 0 Å². The van der Waals surface area contributed by atoms with Gasteiger partial charge in [-0.15, -0.1) is 0 Å². The zero-order valence-corrected chi connectivity index (χ0v) is 10.0. The molecular weight excluding hydrogens is 213 g/mol. The van der Waals surface area contributed by atoms with Gasteiger partial charge < -0.3 is 15.7 Å². The molecule has 90 valence electrons. The highest BCUT2D eigenvalue weighted by molar-refractivity contribution is 7.58. The zero-order chi connectivity index (χ0) is 11.3. The Morgan fingerprint density at radius 2 is 1.93 bits per heavy atom. The van der Waals surface area contributed by atoms with E-state index in [0.29, 0.717) is 5.92 Å². The summed E-state index contributed by atoms with van der Waals surface area (Å²) >= 11 is 0. The van der Waals surface area contributed by atoms with Gasteiger partial charge in [-0.25, -0.2) is 0 Å². The molecule has 0 heterocycles. The standard InChI is InChI=1S/C10H22NO3P/c11-7-6-10(12)15(13,14)8-9-4-2-1-3-5-9/h9-10,12H,1-8,11H2,(H,13,14)/t10-/m0/s1. The minimum Gasteiger partial charge on any atom is -0.383 e. The molecular formula is C10H22NO3P. The number of rotatable bonds is 5. The smallest absolute Gasteiger partial charge is 0.228 e. The van der Waals surface area contributed by atoms with Crippen LogP contribution in [0.15, 0.2) is 0 Å². The molecule has 15 heavy (non-hydrogen) atoms. The number of aliphatic hydroxyl groups excluding tert-OH is 1. The van der Waals surface area contributed by atoms with E-state index >= 15 is 0 Å². The van der Waals surface area contributed by atoms with Crippen molar-refractivity contribution in [2.24, 2.45) is 11.7 Å². The van der Waals surface area contributed by atoms with Crippen LogP contribution in [0.3, 0.4) is 0 Å². The van der Waals surface area contributed by atoms with Crippen molar-refractivity contribution >= 4 is 7.37 Å². The SMILES string of the molecule is NCC[C@@H](O)P(=O)(O)CC1CCCCC1. The predicted octanol–water partition coefficient (Wildman–Crippen LogP) is 1.50. The van der Waals surface area contributed by atoms with Crippen LogP contribution in [0.5, 0.6) is 0 Å². The molecule has 0 spiro atoms. The van der Waals surface area contributed by atoms with Gasteiger partial charge in [0.25, 0.3) is 0 Å². The normalized spacial score (nSPS) is 24.7. The molecule has 4 nitrogen and oxygen atoms in total. The first-order chi connectivity index (χ1) is 7.06. The molecule has 0 radical (unpaired) electrons. The fourth-order valence-corrected chi connectivity index (χ4v) is 4.11. The Labute approximate surface area is 91.3 Å². The lowest BCUT2D eigenvalue weighted by Crippen LogP contribution is -2.19. The summed E-state index contributed by atoms with van der Waals surface area (Å²) in [5.74, 6) is -0.800. The van der Waals surface area contributed by atoms with Gasteiger partial charge in [0, 0.05) is 6.16 Å². The van der Waals surface area contributed by atoms with Crippen molar-refractivity contribution in [3.05, 3.63) is 0 Å². The second kappa shape index (κ2) is 6.00. The molecule has 1 rings (SSSR count). The summed E-state index contributed by atoms with van der Waals surface area (Å²) in [5.41, 5.74) is 5.27. The summed E-state index contributed by atoms with van der Waals surface area (Å²) in [6.45, 7) is 0.260. The highest BCUT2D eigenvalue weighted by Gasteiger charge is 2.31. The molecule has 5 heteroatoms. The number of nitrogens with two attached hydrogens (primary N) is 1. The van der Waals surface area contributed by atoms with Gasteiger partial charge in [-0.2, -0.15) is 0 Å². The molecule has 4 N–H and O–H groups in total. The molecule has 0 aromatic heterocycles. The van der Waals surface area contributed by atoms with Crippen molar-refractivity contribution < 1.29 is 14.6 Å². The molecule has 1 aliphatic carbocycles. The Bertz CT molecular complexity index is 229. The Hall–Kier alpha value is 0.110. The second-order valence-electron chi connectivity index (χ2n) is 4.50. The molecule has 0 aliphatic heterocycles. The summed E-state index contributed by atoms with van der Waals surface area (Å²) in [5, 5.41) is 9.51. The Kier molecular flexibility index (Phi) is 5.27. The topological polar surface area (TPSA) is 83.5 Å². The average Bonchev–Trinajstić information content (AvgIpc) is 2.19. The van der Waals surface area contributed by atoms with Gasteiger partial charge in [-0.1, -0.05) is 19.3 Å². The minimum absolute atomic E-state index is 0.223. The van der Waals surface area contributed by atoms with Crippen molar-refractivity contribution in [1.29, 1.82) is 0 Å². The van der Waals surface area contributed by atoms with Crippen molar-refractivity contribution in [2.75, 3.05) is 12.7 Å². The first kappa shape index (κ1) is 13.2. The molecule has 1 unspecified atom stereocenters. The third-order valence-corrected chi connectivity index (χ3v) is 5.36. The van der Waals surface area contributed by atoms with Gasteiger partial charge in [0.1, 0.15) is 5.85 Å². The Balaban J connectivity index is 2.43. The number of hydrogen-bond acceptors (Lipinski definition) is 3. The Morgan fingerprint density at radius 3 is 2.47 bits per heavy atom. The van der Waals surface area contributed by atoms with Crippen molar-refractivity contribution in [1.82, 2.24) is 0 Å². The lowest BCUT2D eigenvalue weighted by atomic mass is 9.91. The van der Waals surface area contributed by atoms with Crippen molar-refractivity contribution in [3.8, 4) is 0 Å². The van der Waals surface area contributed by atoms with Crippen LogP contribution in [0.4, 0.5) is 0 Å². The zero-order valence-electron chi connectivity index (χ0n) is 9.14. The van der Waals surface area contributed by atoms with Crippen LogP contribution in [-0.4, -0.2) is 28.6 Å². The van der Waals surface area contributed by atoms with Gasteiger partial charge >= 0.3 is 0 Å². The van der Waals surface area contributed by atoms with Crippen LogP contribution in [0, 0.1) is 5.92 Å². The van der Waals surface area contributed by atoms with Crippen LogP contribution in [0.1, 0.15) is 38.5 Å². The minimum atomic E-state index is -3.39. The summed E-state index contributed by atoms with van der Waals surface area (Å²) in [7, 11) is -3.39. The molecule has 1 aliphatic rings. The van der Waals surface area contributed by atoms with E-state index < -0.39 is 13.2 Å². The van der Waals surface area contributed by atoms with Gasteiger partial charge in [0.2, 0.25) is 7.37 Å². The van der Waals surface area contributed by atoms with Gasteiger partial charge in [-0.05, 0) is 31.7 Å². The van der Waals surface area contributed by atoms with Crippen LogP contribution in [0.25, 0.3) is 0 Å². The van der Waals surface area contributed by atoms with Crippen LogP contribution >= 0.6 is 7.37 Å². The van der Waals surface area contributed by atoms with Crippen molar-refractivity contribution in [3.63, 3.8) is 0 Å². The number of aliphatic hydroxyl groups is 1. The fraction of sp³-hybridized carbons (Fsp3) is 1.00. The van der Waals surface area contributed by atoms with E-state index in [4.69, 9.17) is 5.73 Å². The maximum atomic E-state index is 11.8. The highest BCUT2D eigenvalue weighted by Crippen LogP contribution is 2.49. The van der Waals surface area contributed by atoms with E-state index in [-0.39, 0.29) is 19.1 Å². The molecule has 2 atom stereocenters. The highest BCUT2D eigenvalue weighted by atomic mass is 31.2. The lowest BCUT2D eigenvalue weighted by Gasteiger charge is -2.26. The van der Waals surface area contributed by atoms with E-state index in [1.54, 1.807) is 0 Å². The third kappa shape index (κ3) is 4.23. The van der Waals surface area contributed by atoms with E-state index in [2.05, 4.69) is 0 Å².